The first-order valence-electron chi connectivity index (χ1n) is 12.0. The first kappa shape index (κ1) is 29.9. The summed E-state index contributed by atoms with van der Waals surface area (Å²) < 4.78 is 7.04. The first-order valence-corrected chi connectivity index (χ1v) is 12.0. The van der Waals surface area contributed by atoms with Crippen molar-refractivity contribution in [1.29, 1.82) is 0 Å². The molecule has 2 heterocycles. The number of nitrogens with zero attached hydrogens (tertiary/aromatic N) is 10. The molecule has 0 radical (unpaired) electrons. The minimum Gasteiger partial charge on any atom is -0.385 e. The largest absolute Gasteiger partial charge is 0.403 e. The highest BCUT2D eigenvalue weighted by atomic mass is 15.4. The number of azo groups is 2. The molecule has 11 heteroatoms. The van der Waals surface area contributed by atoms with Crippen LogP contribution in [0.3, 0.4) is 0 Å². The molecular formula is C27H41N11+2. The molecule has 0 atom stereocenters. The van der Waals surface area contributed by atoms with Crippen LogP contribution in [0.15, 0.2) is 81.6 Å². The number of nitrogens with one attached hydrogen (secondary N) is 1. The summed E-state index contributed by atoms with van der Waals surface area (Å²) in [6, 6.07) is 16.3. The Morgan fingerprint density at radius 3 is 1.66 bits per heavy atom. The molecule has 11 nitrogen and oxygen atoms in total. The molecule has 0 saturated heterocycles. The van der Waals surface area contributed by atoms with Gasteiger partial charge in [0.1, 0.15) is 0 Å². The van der Waals surface area contributed by atoms with Gasteiger partial charge >= 0.3 is 11.9 Å². The van der Waals surface area contributed by atoms with Gasteiger partial charge in [-0.2, -0.15) is 0 Å². The number of rotatable bonds is 11. The Balaban J connectivity index is 0.00000253. The topological polar surface area (TPSA) is 105 Å². The molecule has 0 aliphatic heterocycles. The van der Waals surface area contributed by atoms with Gasteiger partial charge in [0.25, 0.3) is 0 Å². The Morgan fingerprint density at radius 1 is 0.684 bits per heavy atom. The monoisotopic (exact) mass is 519 g/mol. The van der Waals surface area contributed by atoms with Crippen molar-refractivity contribution >= 4 is 29.0 Å². The molecule has 202 valence electrons. The fourth-order valence-electron chi connectivity index (χ4n) is 3.69. The lowest BCUT2D eigenvalue weighted by molar-refractivity contribution is -0.659. The van der Waals surface area contributed by atoms with Crippen LogP contribution in [0.25, 0.3) is 0 Å². The molecule has 1 N–H and O–H groups in total. The zero-order valence-electron chi connectivity index (χ0n) is 21.3. The summed E-state index contributed by atoms with van der Waals surface area (Å²) in [7, 11) is 7.48. The van der Waals surface area contributed by atoms with E-state index in [9.17, 15) is 0 Å². The van der Waals surface area contributed by atoms with Crippen LogP contribution in [0.5, 0.6) is 0 Å². The SMILES string of the molecule is C.C.Cn1nc[n+](C)c1N=Nc1ccc(CCCCCNc2ccc(N=Nc3n(C)nc[n+]3C)cc2)cc1. The minimum absolute atomic E-state index is 0. The normalized spacial score (nSPS) is 11.1. The van der Waals surface area contributed by atoms with Crippen LogP contribution < -0.4 is 14.5 Å². The molecule has 0 amide bonds. The Morgan fingerprint density at radius 2 is 1.18 bits per heavy atom. The molecule has 2 aromatic heterocycles. The second kappa shape index (κ2) is 14.5. The van der Waals surface area contributed by atoms with Crippen molar-refractivity contribution in [3.8, 4) is 0 Å². The highest BCUT2D eigenvalue weighted by Gasteiger charge is 2.12. The fourth-order valence-corrected chi connectivity index (χ4v) is 3.69. The maximum atomic E-state index is 4.31. The van der Waals surface area contributed by atoms with Crippen molar-refractivity contribution < 1.29 is 9.13 Å². The average molecular weight is 520 g/mol. The lowest BCUT2D eigenvalue weighted by Crippen LogP contribution is -2.25. The van der Waals surface area contributed by atoms with E-state index in [1.54, 1.807) is 22.0 Å². The van der Waals surface area contributed by atoms with Crippen LogP contribution in [0, 0.1) is 0 Å². The van der Waals surface area contributed by atoms with Crippen LogP contribution in [-0.2, 0) is 34.6 Å². The number of anilines is 1. The van der Waals surface area contributed by atoms with Crippen LogP contribution >= 0.6 is 0 Å². The van der Waals surface area contributed by atoms with Gasteiger partial charge < -0.3 is 5.32 Å². The van der Waals surface area contributed by atoms with Crippen molar-refractivity contribution in [2.24, 2.45) is 48.6 Å². The van der Waals surface area contributed by atoms with E-state index in [0.717, 1.165) is 42.9 Å². The lowest BCUT2D eigenvalue weighted by atomic mass is 10.1. The zero-order valence-corrected chi connectivity index (χ0v) is 21.3. The van der Waals surface area contributed by atoms with Gasteiger partial charge in [-0.05, 0) is 71.4 Å². The summed E-state index contributed by atoms with van der Waals surface area (Å²) in [5.41, 5.74) is 4.05. The molecule has 0 bridgehead atoms. The summed E-state index contributed by atoms with van der Waals surface area (Å²) >= 11 is 0. The van der Waals surface area contributed by atoms with Crippen molar-refractivity contribution in [3.63, 3.8) is 0 Å². The van der Waals surface area contributed by atoms with Gasteiger partial charge in [0.2, 0.25) is 12.7 Å². The number of unbranched alkanes of at least 4 members (excludes halogenated alkanes) is 2. The summed E-state index contributed by atoms with van der Waals surface area (Å²) in [6.45, 7) is 0.941. The Kier molecular flexibility index (Phi) is 11.4. The van der Waals surface area contributed by atoms with Gasteiger partial charge in [-0.1, -0.05) is 43.6 Å². The van der Waals surface area contributed by atoms with E-state index in [2.05, 4.69) is 48.1 Å². The molecule has 2 aromatic carbocycles. The van der Waals surface area contributed by atoms with Crippen molar-refractivity contribution in [2.75, 3.05) is 11.9 Å². The molecule has 4 aromatic rings. The van der Waals surface area contributed by atoms with Gasteiger partial charge in [-0.3, -0.25) is 0 Å². The van der Waals surface area contributed by atoms with E-state index in [-0.39, 0.29) is 14.9 Å². The molecule has 0 aliphatic carbocycles. The highest BCUT2D eigenvalue weighted by Crippen LogP contribution is 2.19. The summed E-state index contributed by atoms with van der Waals surface area (Å²) in [6.07, 6.45) is 7.91. The third-order valence-electron chi connectivity index (χ3n) is 5.79. The zero-order chi connectivity index (χ0) is 25.3. The van der Waals surface area contributed by atoms with E-state index < -0.39 is 0 Å². The van der Waals surface area contributed by atoms with E-state index >= 15 is 0 Å². The number of hydrogen-bond acceptors (Lipinski definition) is 7. The molecule has 38 heavy (non-hydrogen) atoms. The predicted octanol–water partition coefficient (Wildman–Crippen LogP) is 5.73. The number of aromatic nitrogens is 6. The second-order valence-electron chi connectivity index (χ2n) is 8.68. The van der Waals surface area contributed by atoms with Gasteiger partial charge in [0.15, 0.2) is 0 Å². The van der Waals surface area contributed by atoms with Gasteiger partial charge in [0.05, 0.1) is 39.6 Å². The van der Waals surface area contributed by atoms with Crippen LogP contribution in [0.1, 0.15) is 39.7 Å². The smallest absolute Gasteiger partial charge is 0.385 e. The maximum absolute atomic E-state index is 4.31. The molecule has 4 rings (SSSR count). The molecular weight excluding hydrogens is 478 g/mol. The van der Waals surface area contributed by atoms with Crippen LogP contribution in [0.2, 0.25) is 0 Å². The number of benzene rings is 2. The molecule has 0 saturated carbocycles. The average Bonchev–Trinajstić information content (AvgIpc) is 3.39. The summed E-state index contributed by atoms with van der Waals surface area (Å²) in [5, 5.41) is 28.9. The highest BCUT2D eigenvalue weighted by molar-refractivity contribution is 5.50. The van der Waals surface area contributed by atoms with Crippen LogP contribution in [-0.4, -0.2) is 26.1 Å². The summed E-state index contributed by atoms with van der Waals surface area (Å²) in [5.74, 6) is 1.39. The van der Waals surface area contributed by atoms with Crippen LogP contribution in [0.4, 0.5) is 29.0 Å². The van der Waals surface area contributed by atoms with E-state index in [1.165, 1.54) is 12.0 Å². The lowest BCUT2D eigenvalue weighted by Gasteiger charge is -2.06. The fraction of sp³-hybridized carbons (Fsp3) is 0.407. The Hall–Kier alpha value is -4.28. The molecule has 0 unspecified atom stereocenters. The predicted molar refractivity (Wildman–Crippen MR) is 150 cm³/mol. The molecule has 0 fully saturated rings. The van der Waals surface area contributed by atoms with E-state index in [1.807, 2.05) is 73.7 Å². The van der Waals surface area contributed by atoms with Crippen molar-refractivity contribution in [1.82, 2.24) is 19.6 Å². The number of aryl methyl sites for hydroxylation is 5. The van der Waals surface area contributed by atoms with Gasteiger partial charge in [-0.15, -0.1) is 9.36 Å². The Labute approximate surface area is 225 Å². The number of hydrogen-bond donors (Lipinski definition) is 1. The standard InChI is InChI=1S/C25H32N11.2CH4/c1-33-18-27-35(3)24(33)31-29-22-11-9-20(10-12-22)8-6-5-7-17-26-21-13-15-23(16-14-21)30-32-25-34(2)19-28-36(25)4;;/h9-16,18-19H,5-8,17H2,1-4H3;2*1H4/q+1;;/p+1. The van der Waals surface area contributed by atoms with Gasteiger partial charge in [0, 0.05) is 22.5 Å². The third-order valence-corrected chi connectivity index (χ3v) is 5.79. The summed E-state index contributed by atoms with van der Waals surface area (Å²) in [4.78, 5) is 0. The second-order valence-corrected chi connectivity index (χ2v) is 8.68. The van der Waals surface area contributed by atoms with Gasteiger partial charge in [-0.25, -0.2) is 9.13 Å². The van der Waals surface area contributed by atoms with E-state index in [0.29, 0.717) is 11.9 Å². The van der Waals surface area contributed by atoms with Crippen molar-refractivity contribution in [2.45, 2.75) is 40.5 Å². The molecule has 0 aliphatic rings. The quantitative estimate of drug-likeness (QED) is 0.155. The maximum Gasteiger partial charge on any atom is 0.403 e. The third kappa shape index (κ3) is 8.12. The molecule has 0 spiro atoms. The minimum atomic E-state index is 0. The van der Waals surface area contributed by atoms with E-state index in [4.69, 9.17) is 0 Å². The van der Waals surface area contributed by atoms with Crippen molar-refractivity contribution in [3.05, 3.63) is 66.7 Å². The first-order chi connectivity index (χ1) is 17.5. The Bertz CT molecular complexity index is 1170.